The maximum Gasteiger partial charge on any atom is 0.0709 e. The average molecular weight is 687 g/mol. The molecule has 0 aliphatic carbocycles. The van der Waals surface area contributed by atoms with Crippen molar-refractivity contribution >= 4 is 103 Å². The molecule has 8 aromatic rings. The smallest absolute Gasteiger partial charge is 0.0709 e. The van der Waals surface area contributed by atoms with Gasteiger partial charge in [0.2, 0.25) is 0 Å². The molecular weight excluding hydrogens is 650 g/mol. The van der Waals surface area contributed by atoms with Crippen LogP contribution in [0.1, 0.15) is 27.7 Å². The molecule has 0 bridgehead atoms. The highest BCUT2D eigenvalue weighted by Gasteiger charge is 2.30. The van der Waals surface area contributed by atoms with E-state index in [1.807, 2.05) is 49.1 Å². The molecule has 0 saturated carbocycles. The van der Waals surface area contributed by atoms with E-state index in [1.165, 1.54) is 21.2 Å². The quantitative estimate of drug-likeness (QED) is 0.177. The van der Waals surface area contributed by atoms with Crippen LogP contribution in [0.25, 0.3) is 43.6 Å². The predicted molar refractivity (Wildman–Crippen MR) is 216 cm³/mol. The highest BCUT2D eigenvalue weighted by Crippen LogP contribution is 2.49. The summed E-state index contributed by atoms with van der Waals surface area (Å²) in [5.74, 6) is 0. The van der Waals surface area contributed by atoms with Gasteiger partial charge in [-0.1, -0.05) is 52.0 Å². The Morgan fingerprint density at radius 1 is 0.400 bits per heavy atom. The van der Waals surface area contributed by atoms with Crippen LogP contribution in [0, 0.1) is 0 Å². The van der Waals surface area contributed by atoms with Gasteiger partial charge < -0.3 is 10.6 Å². The minimum atomic E-state index is -0.898. The molecule has 6 nitrogen and oxygen atoms in total. The third kappa shape index (κ3) is 5.35. The third-order valence-corrected chi connectivity index (χ3v) is 15.1. The summed E-state index contributed by atoms with van der Waals surface area (Å²) in [5, 5.41) is 17.7. The number of pyridine rings is 4. The van der Waals surface area contributed by atoms with Crippen molar-refractivity contribution in [2.45, 2.75) is 39.0 Å². The molecule has 1 aliphatic heterocycles. The van der Waals surface area contributed by atoms with Crippen LogP contribution in [0.2, 0.25) is 0 Å². The summed E-state index contributed by atoms with van der Waals surface area (Å²) in [6.45, 7) is 9.37. The molecule has 0 radical (unpaired) electrons. The number of nitrogens with one attached hydrogen (secondary N) is 2. The molecule has 0 atom stereocenters. The fraction of sp³-hybridized carbons (Fsp3) is 0.143. The molecule has 0 saturated heterocycles. The van der Waals surface area contributed by atoms with Crippen molar-refractivity contribution in [3.05, 3.63) is 122 Å². The van der Waals surface area contributed by atoms with Crippen molar-refractivity contribution in [3.63, 3.8) is 0 Å². The lowest BCUT2D eigenvalue weighted by Gasteiger charge is -2.32. The third-order valence-electron chi connectivity index (χ3n) is 9.49. The molecular formula is C42H36N6P2. The number of fused-ring (bicyclic) bond motifs is 8. The molecule has 244 valence electrons. The largest absolute Gasteiger partial charge is 0.354 e. The average Bonchev–Trinajstić information content (AvgIpc) is 3.11. The van der Waals surface area contributed by atoms with E-state index < -0.39 is 15.8 Å². The summed E-state index contributed by atoms with van der Waals surface area (Å²) < 4.78 is 0. The van der Waals surface area contributed by atoms with Crippen LogP contribution in [-0.4, -0.2) is 31.3 Å². The number of aromatic nitrogens is 4. The molecule has 50 heavy (non-hydrogen) atoms. The SMILES string of the molecule is CC(C)P1c2cc3ncccc3cc2Nc2cc3cccnc3cc2P(C(C)C)c2cc3ncccc3cc2Nc2cc3cccnc3cc21. The molecule has 4 aromatic carbocycles. The molecule has 0 amide bonds. The van der Waals surface area contributed by atoms with Crippen LogP contribution in [0.15, 0.2) is 122 Å². The Bertz CT molecular complexity index is 2250. The van der Waals surface area contributed by atoms with Crippen molar-refractivity contribution in [3.8, 4) is 0 Å². The second-order valence-corrected chi connectivity index (χ2v) is 18.9. The van der Waals surface area contributed by atoms with Gasteiger partial charge in [0.25, 0.3) is 0 Å². The van der Waals surface area contributed by atoms with Gasteiger partial charge in [0.1, 0.15) is 0 Å². The first-order chi connectivity index (χ1) is 24.4. The Balaban J connectivity index is 1.43. The maximum absolute atomic E-state index is 4.84. The van der Waals surface area contributed by atoms with Gasteiger partial charge in [-0.15, -0.1) is 0 Å². The summed E-state index contributed by atoms with van der Waals surface area (Å²) in [6, 6.07) is 35.2. The zero-order valence-corrected chi connectivity index (χ0v) is 30.2. The van der Waals surface area contributed by atoms with E-state index in [9.17, 15) is 0 Å². The van der Waals surface area contributed by atoms with Crippen LogP contribution in [0.3, 0.4) is 0 Å². The molecule has 0 unspecified atom stereocenters. The lowest BCUT2D eigenvalue weighted by Crippen LogP contribution is -2.27. The highest BCUT2D eigenvalue weighted by atomic mass is 31.1. The van der Waals surface area contributed by atoms with Crippen LogP contribution in [-0.2, 0) is 0 Å². The van der Waals surface area contributed by atoms with Gasteiger partial charge in [0.05, 0.1) is 22.1 Å². The standard InChI is InChI=1S/C42H36N6P2/c1-25(2)49-39-21-31-27(9-5-13-43-31)17-35(39)47-37-19-29-11-7-15-45-33(29)23-41(37)50(26(3)4)42-24-34-30(12-8-16-46-34)20-38(42)48-36-18-28-10-6-14-44-32(28)22-40(36)49/h5-26,47-48H,1-4H3. The Labute approximate surface area is 293 Å². The number of rotatable bonds is 2. The van der Waals surface area contributed by atoms with Crippen LogP contribution < -0.4 is 31.9 Å². The number of nitrogens with zero attached hydrogens (tertiary/aromatic N) is 4. The minimum Gasteiger partial charge on any atom is -0.354 e. The van der Waals surface area contributed by atoms with Crippen LogP contribution in [0.4, 0.5) is 22.7 Å². The summed E-state index contributed by atoms with van der Waals surface area (Å²) in [4.78, 5) is 19.4. The molecule has 8 heteroatoms. The first kappa shape index (κ1) is 31.0. The Morgan fingerprint density at radius 2 is 0.660 bits per heavy atom. The summed E-state index contributed by atoms with van der Waals surface area (Å²) >= 11 is 0. The summed E-state index contributed by atoms with van der Waals surface area (Å²) in [5.41, 5.74) is 9.09. The number of anilines is 4. The monoisotopic (exact) mass is 686 g/mol. The van der Waals surface area contributed by atoms with E-state index in [0.29, 0.717) is 11.3 Å². The van der Waals surface area contributed by atoms with Gasteiger partial charge in [-0.25, -0.2) is 0 Å². The van der Waals surface area contributed by atoms with Gasteiger partial charge in [0.15, 0.2) is 0 Å². The fourth-order valence-corrected chi connectivity index (χ4v) is 12.6. The number of hydrogen-bond acceptors (Lipinski definition) is 6. The second-order valence-electron chi connectivity index (χ2n) is 13.4. The van der Waals surface area contributed by atoms with Crippen molar-refractivity contribution in [2.75, 3.05) is 10.6 Å². The molecule has 4 aromatic heterocycles. The van der Waals surface area contributed by atoms with E-state index >= 15 is 0 Å². The topological polar surface area (TPSA) is 75.6 Å². The first-order valence-corrected chi connectivity index (χ1v) is 19.9. The van der Waals surface area contributed by atoms with E-state index in [4.69, 9.17) is 19.9 Å². The van der Waals surface area contributed by atoms with Crippen molar-refractivity contribution < 1.29 is 0 Å². The lowest BCUT2D eigenvalue weighted by molar-refractivity contribution is 1.10. The zero-order chi connectivity index (χ0) is 33.9. The van der Waals surface area contributed by atoms with Gasteiger partial charge in [-0.05, 0) is 100.0 Å². The van der Waals surface area contributed by atoms with E-state index in [1.54, 1.807) is 0 Å². The fourth-order valence-electron chi connectivity index (χ4n) is 7.30. The Morgan fingerprint density at radius 3 is 0.900 bits per heavy atom. The minimum absolute atomic E-state index is 0.324. The molecule has 9 rings (SSSR count). The zero-order valence-electron chi connectivity index (χ0n) is 28.4. The normalized spacial score (nSPS) is 15.9. The number of hydrogen-bond donors (Lipinski definition) is 2. The van der Waals surface area contributed by atoms with Gasteiger partial charge >= 0.3 is 0 Å². The van der Waals surface area contributed by atoms with Gasteiger partial charge in [-0.3, -0.25) is 19.9 Å². The Hall–Kier alpha value is -5.02. The summed E-state index contributed by atoms with van der Waals surface area (Å²) in [7, 11) is -1.80. The van der Waals surface area contributed by atoms with E-state index in [0.717, 1.165) is 66.4 Å². The van der Waals surface area contributed by atoms with Crippen LogP contribution >= 0.6 is 15.8 Å². The van der Waals surface area contributed by atoms with Gasteiger partial charge in [0, 0.05) is 90.3 Å². The number of benzene rings is 4. The lowest BCUT2D eigenvalue weighted by atomic mass is 10.1. The second kappa shape index (κ2) is 12.4. The summed E-state index contributed by atoms with van der Waals surface area (Å²) in [6.07, 6.45) is 7.57. The maximum atomic E-state index is 4.84. The highest BCUT2D eigenvalue weighted by molar-refractivity contribution is 7.74. The predicted octanol–water partition coefficient (Wildman–Crippen LogP) is 9.36. The molecule has 0 fully saturated rings. The molecule has 2 N–H and O–H groups in total. The van der Waals surface area contributed by atoms with Gasteiger partial charge in [-0.2, -0.15) is 0 Å². The molecule has 1 aliphatic rings. The molecule has 0 spiro atoms. The first-order valence-electron chi connectivity index (χ1n) is 17.1. The molecule has 5 heterocycles. The van der Waals surface area contributed by atoms with Crippen molar-refractivity contribution in [1.29, 1.82) is 0 Å². The Kier molecular flexibility index (Phi) is 7.68. The van der Waals surface area contributed by atoms with Crippen molar-refractivity contribution in [2.24, 2.45) is 0 Å². The van der Waals surface area contributed by atoms with Crippen molar-refractivity contribution in [1.82, 2.24) is 19.9 Å². The van der Waals surface area contributed by atoms with E-state index in [2.05, 4.69) is 111 Å². The van der Waals surface area contributed by atoms with Crippen LogP contribution in [0.5, 0.6) is 0 Å². The van der Waals surface area contributed by atoms with E-state index in [-0.39, 0.29) is 0 Å².